The van der Waals surface area contributed by atoms with E-state index in [1.165, 1.54) is 44.6 Å². The van der Waals surface area contributed by atoms with Crippen molar-refractivity contribution < 1.29 is 37.1 Å². The third-order valence-corrected chi connectivity index (χ3v) is 5.48. The molecule has 0 spiro atoms. The summed E-state index contributed by atoms with van der Waals surface area (Å²) < 4.78 is 57.7. The van der Waals surface area contributed by atoms with Crippen LogP contribution >= 0.6 is 0 Å². The van der Waals surface area contributed by atoms with E-state index in [0.717, 1.165) is 4.90 Å². The minimum absolute atomic E-state index is 0.0345. The molecule has 1 heterocycles. The van der Waals surface area contributed by atoms with E-state index in [1.54, 1.807) is 0 Å². The summed E-state index contributed by atoms with van der Waals surface area (Å²) in [6.07, 6.45) is -4.96. The molecule has 3 rings (SSSR count). The predicted molar refractivity (Wildman–Crippen MR) is 111 cm³/mol. The second kappa shape index (κ2) is 9.12. The van der Waals surface area contributed by atoms with Crippen LogP contribution in [0.5, 0.6) is 17.2 Å². The smallest absolute Gasteiger partial charge is 0.450 e. The molecule has 0 aliphatic carbocycles. The molecular weight excluding hydrogens is 427 g/mol. The van der Waals surface area contributed by atoms with Crippen LogP contribution in [0.1, 0.15) is 25.2 Å². The zero-order valence-electron chi connectivity index (χ0n) is 18.2. The summed E-state index contributed by atoms with van der Waals surface area (Å²) in [5.74, 6) is -1.45. The largest absolute Gasteiger partial charge is 0.872 e. The second-order valence-electron chi connectivity index (χ2n) is 7.26. The first-order chi connectivity index (χ1) is 15.2. The Balaban J connectivity index is 2.37. The molecule has 2 aromatic carbocycles. The fraction of sp³-hybridized carbons (Fsp3) is 0.348. The van der Waals surface area contributed by atoms with Crippen LogP contribution in [0.25, 0.3) is 22.1 Å². The van der Waals surface area contributed by atoms with Gasteiger partial charge in [0.25, 0.3) is 0 Å². The Kier molecular flexibility index (Phi) is 6.68. The molecule has 32 heavy (non-hydrogen) atoms. The number of methoxy groups -OCH3 is 2. The van der Waals surface area contributed by atoms with E-state index in [-0.39, 0.29) is 34.4 Å². The monoisotopic (exact) mass is 451 g/mol. The van der Waals surface area contributed by atoms with E-state index in [9.17, 15) is 23.1 Å². The van der Waals surface area contributed by atoms with Crippen molar-refractivity contribution >= 4 is 11.0 Å². The fourth-order valence-corrected chi connectivity index (χ4v) is 3.67. The van der Waals surface area contributed by atoms with E-state index < -0.39 is 28.7 Å². The summed E-state index contributed by atoms with van der Waals surface area (Å²) in [6.45, 7) is 5.28. The molecule has 1 N–H and O–H groups in total. The molecule has 0 aliphatic rings. The van der Waals surface area contributed by atoms with Crippen molar-refractivity contribution in [3.05, 3.63) is 51.9 Å². The number of quaternary nitrogens is 1. The van der Waals surface area contributed by atoms with Crippen molar-refractivity contribution in [2.45, 2.75) is 26.6 Å². The van der Waals surface area contributed by atoms with Crippen molar-refractivity contribution in [2.24, 2.45) is 0 Å². The van der Waals surface area contributed by atoms with Crippen molar-refractivity contribution in [3.8, 4) is 28.4 Å². The molecule has 0 bridgehead atoms. The van der Waals surface area contributed by atoms with E-state index in [1.807, 2.05) is 13.8 Å². The Labute approximate surface area is 182 Å². The Morgan fingerprint density at radius 3 is 2.25 bits per heavy atom. The lowest BCUT2D eigenvalue weighted by molar-refractivity contribution is -0.910. The van der Waals surface area contributed by atoms with Crippen LogP contribution < -0.4 is 24.9 Å². The Morgan fingerprint density at radius 1 is 1.03 bits per heavy atom. The number of ether oxygens (including phenoxy) is 2. The van der Waals surface area contributed by atoms with Gasteiger partial charge in [-0.05, 0) is 37.6 Å². The molecule has 0 aliphatic heterocycles. The molecule has 0 atom stereocenters. The maximum atomic E-state index is 14.0. The van der Waals surface area contributed by atoms with Gasteiger partial charge in [0.15, 0.2) is 11.5 Å². The Morgan fingerprint density at radius 2 is 1.69 bits per heavy atom. The average molecular weight is 451 g/mol. The molecule has 1 aromatic heterocycles. The van der Waals surface area contributed by atoms with Crippen LogP contribution in [0.3, 0.4) is 0 Å². The van der Waals surface area contributed by atoms with Gasteiger partial charge in [-0.25, -0.2) is 0 Å². The highest BCUT2D eigenvalue weighted by atomic mass is 19.4. The molecule has 172 valence electrons. The molecule has 0 saturated heterocycles. The van der Waals surface area contributed by atoms with Crippen LogP contribution in [0, 0.1) is 0 Å². The third-order valence-electron chi connectivity index (χ3n) is 5.48. The maximum absolute atomic E-state index is 14.0. The molecule has 9 heteroatoms. The number of rotatable bonds is 7. The first-order valence-corrected chi connectivity index (χ1v) is 10.1. The molecule has 3 aromatic rings. The molecular formula is C23H24F3NO5. The molecule has 0 saturated carbocycles. The van der Waals surface area contributed by atoms with E-state index in [2.05, 4.69) is 0 Å². The number of nitrogens with one attached hydrogen (secondary N) is 1. The van der Waals surface area contributed by atoms with Gasteiger partial charge in [-0.15, -0.1) is 0 Å². The van der Waals surface area contributed by atoms with Gasteiger partial charge in [0.1, 0.15) is 12.1 Å². The van der Waals surface area contributed by atoms with Crippen molar-refractivity contribution in [2.75, 3.05) is 27.3 Å². The average Bonchev–Trinajstić information content (AvgIpc) is 2.77. The lowest BCUT2D eigenvalue weighted by Crippen LogP contribution is -3.10. The standard InChI is InChI=1S/C23H24F3NO5/c1-5-27(6-2)12-15-16(28)9-8-14-20(29)19(22(23(24,25)26)32-21(14)15)13-7-10-17(30-3)18(11-13)31-4/h7-11,28H,5-6,12H2,1-4H3. The van der Waals surface area contributed by atoms with Gasteiger partial charge < -0.3 is 23.9 Å². The summed E-state index contributed by atoms with van der Waals surface area (Å²) >= 11 is 0. The highest BCUT2D eigenvalue weighted by molar-refractivity contribution is 5.87. The number of hydrogen-bond acceptors (Lipinski definition) is 5. The molecule has 0 radical (unpaired) electrons. The van der Waals surface area contributed by atoms with Crippen molar-refractivity contribution in [3.63, 3.8) is 0 Å². The normalized spacial score (nSPS) is 11.9. The highest BCUT2D eigenvalue weighted by Gasteiger charge is 2.40. The van der Waals surface area contributed by atoms with Gasteiger partial charge in [-0.2, -0.15) is 13.2 Å². The number of alkyl halides is 3. The molecule has 6 nitrogen and oxygen atoms in total. The second-order valence-corrected chi connectivity index (χ2v) is 7.26. The van der Waals surface area contributed by atoms with Crippen LogP contribution in [-0.2, 0) is 12.7 Å². The van der Waals surface area contributed by atoms with Crippen LogP contribution in [-0.4, -0.2) is 27.3 Å². The third kappa shape index (κ3) is 4.25. The van der Waals surface area contributed by atoms with Crippen LogP contribution in [0.15, 0.2) is 39.5 Å². The summed E-state index contributed by atoms with van der Waals surface area (Å²) in [6, 6.07) is 6.44. The maximum Gasteiger partial charge on any atom is 0.450 e. The Hall–Kier alpha value is -3.20. The summed E-state index contributed by atoms with van der Waals surface area (Å²) in [7, 11) is 2.73. The Bertz CT molecular complexity index is 1180. The molecule has 0 amide bonds. The highest BCUT2D eigenvalue weighted by Crippen LogP contribution is 2.40. The first-order valence-electron chi connectivity index (χ1n) is 10.1. The minimum atomic E-state index is -4.96. The van der Waals surface area contributed by atoms with Crippen LogP contribution in [0.2, 0.25) is 0 Å². The lowest BCUT2D eigenvalue weighted by Gasteiger charge is -2.22. The SMILES string of the molecule is CC[NH+](CC)Cc1c([O-])ccc2c(=O)c(-c3ccc(OC)c(OC)c3)c(C(F)(F)F)oc12. The van der Waals surface area contributed by atoms with Gasteiger partial charge in [-0.3, -0.25) is 4.79 Å². The molecule has 0 unspecified atom stereocenters. The fourth-order valence-electron chi connectivity index (χ4n) is 3.67. The summed E-state index contributed by atoms with van der Waals surface area (Å²) in [4.78, 5) is 14.3. The van der Waals surface area contributed by atoms with Gasteiger partial charge >= 0.3 is 6.18 Å². The number of benzene rings is 2. The summed E-state index contributed by atoms with van der Waals surface area (Å²) in [5, 5.41) is 12.4. The predicted octanol–water partition coefficient (Wildman–Crippen LogP) is 2.99. The zero-order valence-corrected chi connectivity index (χ0v) is 18.2. The number of halogens is 3. The van der Waals surface area contributed by atoms with Gasteiger partial charge in [0.2, 0.25) is 11.2 Å². The van der Waals surface area contributed by atoms with Crippen molar-refractivity contribution in [1.29, 1.82) is 0 Å². The topological polar surface area (TPSA) is 76.2 Å². The quantitative estimate of drug-likeness (QED) is 0.598. The zero-order chi connectivity index (χ0) is 23.6. The van der Waals surface area contributed by atoms with Crippen molar-refractivity contribution in [1.82, 2.24) is 0 Å². The van der Waals surface area contributed by atoms with E-state index in [4.69, 9.17) is 13.9 Å². The van der Waals surface area contributed by atoms with E-state index in [0.29, 0.717) is 18.8 Å². The van der Waals surface area contributed by atoms with Crippen LogP contribution in [0.4, 0.5) is 13.2 Å². The van der Waals surface area contributed by atoms with E-state index >= 15 is 0 Å². The number of fused-ring (bicyclic) bond motifs is 1. The van der Waals surface area contributed by atoms with Gasteiger partial charge in [0.05, 0.1) is 38.3 Å². The molecule has 0 fully saturated rings. The lowest BCUT2D eigenvalue weighted by atomic mass is 9.99. The minimum Gasteiger partial charge on any atom is -0.872 e. The first kappa shape index (κ1) is 23.5. The number of hydrogen-bond donors (Lipinski definition) is 1. The van der Waals surface area contributed by atoms with Gasteiger partial charge in [0, 0.05) is 5.56 Å². The van der Waals surface area contributed by atoms with Gasteiger partial charge in [-0.1, -0.05) is 17.9 Å². The summed E-state index contributed by atoms with van der Waals surface area (Å²) in [5.41, 5.74) is -1.82.